The number of anilines is 1. The number of nitrogens with zero attached hydrogens (tertiary/aromatic N) is 2. The second-order valence-corrected chi connectivity index (χ2v) is 5.68. The summed E-state index contributed by atoms with van der Waals surface area (Å²) in [6.07, 6.45) is 2.13. The molecule has 0 saturated heterocycles. The van der Waals surface area contributed by atoms with Gasteiger partial charge < -0.3 is 14.6 Å². The highest BCUT2D eigenvalue weighted by Gasteiger charge is 2.20. The Labute approximate surface area is 119 Å². The molecule has 0 unspecified atom stereocenters. The summed E-state index contributed by atoms with van der Waals surface area (Å²) >= 11 is 3.68. The second kappa shape index (κ2) is 4.27. The Bertz CT molecular complexity index is 650. The fourth-order valence-electron chi connectivity index (χ4n) is 2.73. The largest absolute Gasteiger partial charge is 0.493 e. The predicted molar refractivity (Wildman–Crippen MR) is 77.7 cm³/mol. The molecule has 0 amide bonds. The number of imidazole rings is 1. The number of rotatable bonds is 1. The Morgan fingerprint density at radius 2 is 2.32 bits per heavy atom. The number of ether oxygens (including phenoxy) is 1. The Balaban J connectivity index is 1.82. The Kier molecular flexibility index (Phi) is 2.55. The molecule has 1 aromatic heterocycles. The van der Waals surface area contributed by atoms with E-state index in [-0.39, 0.29) is 0 Å². The molecule has 98 valence electrons. The summed E-state index contributed by atoms with van der Waals surface area (Å²) in [7, 11) is 0. The van der Waals surface area contributed by atoms with E-state index in [0.717, 1.165) is 60.1 Å². The molecule has 0 aliphatic carbocycles. The van der Waals surface area contributed by atoms with Crippen LogP contribution < -0.4 is 10.1 Å². The van der Waals surface area contributed by atoms with Crippen molar-refractivity contribution in [1.82, 2.24) is 9.55 Å². The van der Waals surface area contributed by atoms with Gasteiger partial charge in [-0.3, -0.25) is 0 Å². The first-order chi connectivity index (χ1) is 9.33. The fraction of sp³-hybridized carbons (Fsp3) is 0.357. The highest BCUT2D eigenvalue weighted by molar-refractivity contribution is 9.10. The molecule has 0 spiro atoms. The van der Waals surface area contributed by atoms with Crippen LogP contribution in [0.3, 0.4) is 0 Å². The number of fused-ring (bicyclic) bond motifs is 2. The zero-order chi connectivity index (χ0) is 12.8. The van der Waals surface area contributed by atoms with E-state index in [0.29, 0.717) is 0 Å². The van der Waals surface area contributed by atoms with Crippen LogP contribution in [0.1, 0.15) is 12.0 Å². The van der Waals surface area contributed by atoms with E-state index in [1.165, 1.54) is 5.56 Å². The van der Waals surface area contributed by atoms with Gasteiger partial charge in [0, 0.05) is 25.1 Å². The third-order valence-corrected chi connectivity index (χ3v) is 4.51. The van der Waals surface area contributed by atoms with Gasteiger partial charge in [0.2, 0.25) is 5.95 Å². The van der Waals surface area contributed by atoms with E-state index in [1.807, 2.05) is 0 Å². The average Bonchev–Trinajstić information content (AvgIpc) is 3.03. The minimum Gasteiger partial charge on any atom is -0.493 e. The molecule has 5 heteroatoms. The first kappa shape index (κ1) is 11.3. The van der Waals surface area contributed by atoms with Gasteiger partial charge in [0.25, 0.3) is 0 Å². The van der Waals surface area contributed by atoms with Gasteiger partial charge in [-0.25, -0.2) is 4.98 Å². The highest BCUT2D eigenvalue weighted by Crippen LogP contribution is 2.35. The number of nitrogens with one attached hydrogen (secondary N) is 1. The van der Waals surface area contributed by atoms with Crippen LogP contribution in [0, 0.1) is 0 Å². The summed E-state index contributed by atoms with van der Waals surface area (Å²) in [5.74, 6) is 1.98. The first-order valence-corrected chi connectivity index (χ1v) is 7.38. The molecule has 2 aliphatic heterocycles. The topological polar surface area (TPSA) is 39.1 Å². The molecular formula is C14H14BrN3O. The number of hydrogen-bond acceptors (Lipinski definition) is 3. The van der Waals surface area contributed by atoms with E-state index >= 15 is 0 Å². The SMILES string of the molecule is Brc1c(-c2ccc3c(c2)CCO3)nc2n1CCCN2. The minimum atomic E-state index is 0.793. The molecule has 1 aromatic carbocycles. The van der Waals surface area contributed by atoms with E-state index in [2.05, 4.69) is 44.0 Å². The van der Waals surface area contributed by atoms with Crippen LogP contribution in [0.4, 0.5) is 5.95 Å². The maximum Gasteiger partial charge on any atom is 0.204 e. The summed E-state index contributed by atoms with van der Waals surface area (Å²) in [4.78, 5) is 4.71. The molecule has 0 radical (unpaired) electrons. The maximum absolute atomic E-state index is 5.55. The minimum absolute atomic E-state index is 0.793. The summed E-state index contributed by atoms with van der Waals surface area (Å²) in [6, 6.07) is 6.33. The lowest BCUT2D eigenvalue weighted by molar-refractivity contribution is 0.357. The van der Waals surface area contributed by atoms with E-state index in [4.69, 9.17) is 9.72 Å². The van der Waals surface area contributed by atoms with Crippen LogP contribution in [-0.4, -0.2) is 22.7 Å². The molecule has 0 fully saturated rings. The van der Waals surface area contributed by atoms with Crippen molar-refractivity contribution >= 4 is 21.9 Å². The second-order valence-electron chi connectivity index (χ2n) is 4.93. The maximum atomic E-state index is 5.55. The van der Waals surface area contributed by atoms with Crippen molar-refractivity contribution in [3.05, 3.63) is 28.4 Å². The van der Waals surface area contributed by atoms with Crippen molar-refractivity contribution in [2.75, 3.05) is 18.5 Å². The summed E-state index contributed by atoms with van der Waals surface area (Å²) in [5, 5.41) is 3.34. The molecule has 2 aliphatic rings. The standard InChI is InChI=1S/C14H14BrN3O/c15-13-12(17-14-16-5-1-6-18(13)14)10-2-3-11-9(8-10)4-7-19-11/h2-3,8H,1,4-7H2,(H,16,17). The van der Waals surface area contributed by atoms with Crippen LogP contribution in [0.25, 0.3) is 11.3 Å². The van der Waals surface area contributed by atoms with E-state index in [1.54, 1.807) is 0 Å². The third-order valence-electron chi connectivity index (χ3n) is 3.71. The molecule has 1 N–H and O–H groups in total. The Hall–Kier alpha value is -1.49. The number of benzene rings is 1. The first-order valence-electron chi connectivity index (χ1n) is 6.59. The average molecular weight is 320 g/mol. The predicted octanol–water partition coefficient (Wildman–Crippen LogP) is 3.06. The number of hydrogen-bond donors (Lipinski definition) is 1. The molecule has 3 heterocycles. The van der Waals surface area contributed by atoms with Gasteiger partial charge in [-0.15, -0.1) is 0 Å². The summed E-state index contributed by atoms with van der Waals surface area (Å²) in [5.41, 5.74) is 3.45. The van der Waals surface area contributed by atoms with E-state index in [9.17, 15) is 0 Å². The lowest BCUT2D eigenvalue weighted by atomic mass is 10.1. The van der Waals surface area contributed by atoms with Crippen LogP contribution in [0.2, 0.25) is 0 Å². The zero-order valence-corrected chi connectivity index (χ0v) is 12.0. The van der Waals surface area contributed by atoms with Crippen molar-refractivity contribution in [3.8, 4) is 17.0 Å². The molecule has 19 heavy (non-hydrogen) atoms. The molecule has 0 bridgehead atoms. The van der Waals surface area contributed by atoms with Gasteiger partial charge in [0.15, 0.2) is 0 Å². The quantitative estimate of drug-likeness (QED) is 0.878. The normalized spacial score (nSPS) is 16.5. The molecule has 0 atom stereocenters. The van der Waals surface area contributed by atoms with Crippen LogP contribution in [0.5, 0.6) is 5.75 Å². The molecule has 2 aromatic rings. The van der Waals surface area contributed by atoms with Gasteiger partial charge in [0.05, 0.1) is 6.61 Å². The Morgan fingerprint density at radius 3 is 3.21 bits per heavy atom. The molecular weight excluding hydrogens is 306 g/mol. The highest BCUT2D eigenvalue weighted by atomic mass is 79.9. The van der Waals surface area contributed by atoms with Crippen molar-refractivity contribution in [1.29, 1.82) is 0 Å². The van der Waals surface area contributed by atoms with Gasteiger partial charge in [0.1, 0.15) is 16.0 Å². The van der Waals surface area contributed by atoms with Crippen LogP contribution in [0.15, 0.2) is 22.8 Å². The van der Waals surface area contributed by atoms with Crippen LogP contribution in [-0.2, 0) is 13.0 Å². The fourth-order valence-corrected chi connectivity index (χ4v) is 3.39. The van der Waals surface area contributed by atoms with Crippen LogP contribution >= 0.6 is 15.9 Å². The van der Waals surface area contributed by atoms with Crippen molar-refractivity contribution in [2.24, 2.45) is 0 Å². The molecule has 4 rings (SSSR count). The zero-order valence-electron chi connectivity index (χ0n) is 10.4. The third kappa shape index (κ3) is 1.75. The lowest BCUT2D eigenvalue weighted by Crippen LogP contribution is -2.17. The molecule has 4 nitrogen and oxygen atoms in total. The van der Waals surface area contributed by atoms with Gasteiger partial charge in [-0.05, 0) is 46.1 Å². The van der Waals surface area contributed by atoms with E-state index < -0.39 is 0 Å². The van der Waals surface area contributed by atoms with Crippen molar-refractivity contribution in [3.63, 3.8) is 0 Å². The van der Waals surface area contributed by atoms with Gasteiger partial charge in [-0.2, -0.15) is 0 Å². The van der Waals surface area contributed by atoms with Gasteiger partial charge >= 0.3 is 0 Å². The number of halogens is 1. The smallest absolute Gasteiger partial charge is 0.204 e. The summed E-state index contributed by atoms with van der Waals surface area (Å²) in [6.45, 7) is 2.81. The molecule has 0 saturated carbocycles. The van der Waals surface area contributed by atoms with Crippen molar-refractivity contribution in [2.45, 2.75) is 19.4 Å². The van der Waals surface area contributed by atoms with Crippen molar-refractivity contribution < 1.29 is 4.74 Å². The Morgan fingerprint density at radius 1 is 1.37 bits per heavy atom. The lowest BCUT2D eigenvalue weighted by Gasteiger charge is -2.15. The summed E-state index contributed by atoms with van der Waals surface area (Å²) < 4.78 is 8.81. The number of aromatic nitrogens is 2. The van der Waals surface area contributed by atoms with Gasteiger partial charge in [-0.1, -0.05) is 0 Å². The monoisotopic (exact) mass is 319 g/mol.